The molecule has 436 valence electrons. The second-order valence-corrected chi connectivity index (χ2v) is 23.0. The number of hydrogen-bond acceptors (Lipinski definition) is 16. The monoisotopic (exact) mass is 1170 g/mol. The highest BCUT2D eigenvalue weighted by atomic mass is 32.1. The average molecular weight is 1170 g/mol. The van der Waals surface area contributed by atoms with Crippen LogP contribution in [0.25, 0.3) is 42.0 Å². The third kappa shape index (κ3) is 14.2. The summed E-state index contributed by atoms with van der Waals surface area (Å²) in [7, 11) is 0. The van der Waals surface area contributed by atoms with E-state index < -0.39 is 23.8 Å². The van der Waals surface area contributed by atoms with Gasteiger partial charge >= 0.3 is 11.9 Å². The molecule has 4 aromatic carbocycles. The SMILES string of the molecule is O=C(/C=C/C(=O)N1CCN(C(=O)/C=C/C(=O)OCn2c(=O)ccc3ccc(OCCCCN4CCN(c5cccc6sccc56)CC4)cc32)CC1)OCn1c(=O)ccc2ccc(OCCCCN3CCN(c4cccc5sccc45)CC3)cc21. The van der Waals surface area contributed by atoms with Gasteiger partial charge in [0.05, 0.1) is 24.2 Å². The number of fused-ring (bicyclic) bond motifs is 4. The molecule has 0 aliphatic carbocycles. The van der Waals surface area contributed by atoms with Gasteiger partial charge in [0.25, 0.3) is 11.1 Å². The zero-order chi connectivity index (χ0) is 57.8. The van der Waals surface area contributed by atoms with E-state index in [9.17, 15) is 28.8 Å². The first kappa shape index (κ1) is 57.5. The molecular weight excluding hydrogens is 1100 g/mol. The minimum atomic E-state index is -0.808. The molecule has 3 saturated heterocycles. The van der Waals surface area contributed by atoms with Crippen molar-refractivity contribution in [3.8, 4) is 11.5 Å². The number of carbonyl (C=O) groups excluding carboxylic acids is 4. The number of ether oxygens (including phenoxy) is 4. The Kier molecular flexibility index (Phi) is 18.8. The van der Waals surface area contributed by atoms with Gasteiger partial charge in [-0.05, 0) is 133 Å². The Hall–Kier alpha value is -8.30. The quantitative estimate of drug-likeness (QED) is 0.0362. The van der Waals surface area contributed by atoms with Crippen LogP contribution in [-0.4, -0.2) is 157 Å². The molecular formula is C64H68N8O10S2. The Morgan fingerprint density at radius 1 is 0.452 bits per heavy atom. The number of unbranched alkanes of at least 4 members (excludes halogenated alkanes) is 2. The fraction of sp³-hybridized carbons (Fsp3) is 0.344. The maximum absolute atomic E-state index is 13.1. The predicted molar refractivity (Wildman–Crippen MR) is 330 cm³/mol. The maximum atomic E-state index is 13.1. The van der Waals surface area contributed by atoms with Crippen LogP contribution in [0.2, 0.25) is 0 Å². The number of hydrogen-bond donors (Lipinski definition) is 0. The average Bonchev–Trinajstić information content (AvgIpc) is 4.34. The number of esters is 2. The van der Waals surface area contributed by atoms with Crippen molar-refractivity contribution < 1.29 is 38.1 Å². The van der Waals surface area contributed by atoms with Crippen LogP contribution in [-0.2, 0) is 42.1 Å². The van der Waals surface area contributed by atoms with E-state index in [1.807, 2.05) is 24.3 Å². The molecule has 0 bridgehead atoms. The summed E-state index contributed by atoms with van der Waals surface area (Å²) in [6.45, 7) is 11.1. The van der Waals surface area contributed by atoms with E-state index in [1.54, 1.807) is 46.9 Å². The molecule has 3 aliphatic heterocycles. The van der Waals surface area contributed by atoms with Crippen LogP contribution in [0.15, 0.2) is 154 Å². The molecule has 0 radical (unpaired) electrons. The number of nitrogens with zero attached hydrogens (tertiary/aromatic N) is 8. The van der Waals surface area contributed by atoms with Gasteiger partial charge in [0.15, 0.2) is 13.5 Å². The molecule has 0 atom stereocenters. The van der Waals surface area contributed by atoms with E-state index >= 15 is 0 Å². The molecule has 3 aliphatic rings. The van der Waals surface area contributed by atoms with Crippen molar-refractivity contribution in [1.29, 1.82) is 0 Å². The van der Waals surface area contributed by atoms with Gasteiger partial charge in [-0.1, -0.05) is 12.1 Å². The van der Waals surface area contributed by atoms with E-state index in [2.05, 4.69) is 78.9 Å². The second-order valence-electron chi connectivity index (χ2n) is 21.1. The summed E-state index contributed by atoms with van der Waals surface area (Å²) in [4.78, 5) is 90.8. The number of piperazine rings is 3. The fourth-order valence-electron chi connectivity index (χ4n) is 11.2. The number of rotatable bonds is 22. The summed E-state index contributed by atoms with van der Waals surface area (Å²) in [5.74, 6) is -1.31. The summed E-state index contributed by atoms with van der Waals surface area (Å²) in [6.07, 6.45) is 7.97. The highest BCUT2D eigenvalue weighted by Crippen LogP contribution is 2.33. The number of amides is 2. The van der Waals surface area contributed by atoms with Crippen molar-refractivity contribution in [2.45, 2.75) is 39.1 Å². The topological polar surface area (TPSA) is 169 Å². The standard InChI is InChI=1S/C64H68N8O10S2/c73-59(19-21-63(77)81-45-71-55-43-49(15-11-47(55)13-17-61(71)75)79-39-3-1-25-65-27-31-67(32-28-65)53-7-5-9-57-51(53)23-41-83-57)69-35-37-70(38-36-69)60(74)20-22-64(78)82-46-72-56-44-50(16-12-48(56)14-18-62(72)76)80-40-4-2-26-66-29-33-68(34-30-66)54-8-6-10-58-52(54)24-42-84-58/h5-24,41-44H,1-4,25-40,45-46H2/b21-19+,22-20+. The summed E-state index contributed by atoms with van der Waals surface area (Å²) >= 11 is 3.56. The van der Waals surface area contributed by atoms with Crippen LogP contribution < -0.4 is 30.4 Å². The molecule has 8 aromatic rings. The van der Waals surface area contributed by atoms with Crippen molar-refractivity contribution in [3.05, 3.63) is 165 Å². The lowest BCUT2D eigenvalue weighted by Gasteiger charge is -2.36. The molecule has 3 fully saturated rings. The number of pyridine rings is 2. The Morgan fingerprint density at radius 3 is 1.30 bits per heavy atom. The molecule has 4 aromatic heterocycles. The Labute approximate surface area is 494 Å². The van der Waals surface area contributed by atoms with Crippen LogP contribution in [0.4, 0.5) is 11.4 Å². The molecule has 84 heavy (non-hydrogen) atoms. The normalized spacial score (nSPS) is 15.5. The summed E-state index contributed by atoms with van der Waals surface area (Å²) in [5.41, 5.74) is 3.00. The van der Waals surface area contributed by atoms with Crippen molar-refractivity contribution >= 4 is 99.8 Å². The molecule has 2 amide bonds. The Bertz CT molecular complexity index is 3580. The van der Waals surface area contributed by atoms with Gasteiger partial charge in [-0.2, -0.15) is 0 Å². The third-order valence-corrected chi connectivity index (χ3v) is 17.6. The largest absolute Gasteiger partial charge is 0.494 e. The molecule has 18 nitrogen and oxygen atoms in total. The first-order valence-electron chi connectivity index (χ1n) is 28.8. The maximum Gasteiger partial charge on any atom is 0.332 e. The molecule has 0 spiro atoms. The third-order valence-electron chi connectivity index (χ3n) is 15.9. The van der Waals surface area contributed by atoms with Crippen LogP contribution in [0.1, 0.15) is 25.7 Å². The minimum absolute atomic E-state index is 0.186. The van der Waals surface area contributed by atoms with Crippen molar-refractivity contribution in [1.82, 2.24) is 28.7 Å². The van der Waals surface area contributed by atoms with E-state index in [-0.39, 0.29) is 50.8 Å². The Morgan fingerprint density at radius 2 is 0.869 bits per heavy atom. The van der Waals surface area contributed by atoms with Gasteiger partial charge in [0, 0.05) is 159 Å². The van der Waals surface area contributed by atoms with Crippen molar-refractivity contribution in [3.63, 3.8) is 0 Å². The molecule has 0 N–H and O–H groups in total. The number of benzene rings is 4. The van der Waals surface area contributed by atoms with Crippen LogP contribution in [0.5, 0.6) is 11.5 Å². The minimum Gasteiger partial charge on any atom is -0.494 e. The first-order valence-corrected chi connectivity index (χ1v) is 30.5. The smallest absolute Gasteiger partial charge is 0.332 e. The van der Waals surface area contributed by atoms with Gasteiger partial charge < -0.3 is 38.5 Å². The first-order chi connectivity index (χ1) is 41.1. The molecule has 7 heterocycles. The number of anilines is 2. The van der Waals surface area contributed by atoms with Gasteiger partial charge in [-0.3, -0.25) is 38.1 Å². The lowest BCUT2D eigenvalue weighted by molar-refractivity contribution is -0.142. The zero-order valence-electron chi connectivity index (χ0n) is 46.9. The number of aromatic nitrogens is 2. The van der Waals surface area contributed by atoms with Crippen LogP contribution >= 0.6 is 22.7 Å². The van der Waals surface area contributed by atoms with E-state index in [1.165, 1.54) is 62.6 Å². The molecule has 0 unspecified atom stereocenters. The van der Waals surface area contributed by atoms with Crippen molar-refractivity contribution in [2.24, 2.45) is 0 Å². The van der Waals surface area contributed by atoms with E-state index in [4.69, 9.17) is 18.9 Å². The summed E-state index contributed by atoms with van der Waals surface area (Å²) in [5, 5.41) is 8.50. The van der Waals surface area contributed by atoms with Crippen LogP contribution in [0, 0.1) is 0 Å². The lowest BCUT2D eigenvalue weighted by atomic mass is 10.2. The number of thiophene rings is 2. The van der Waals surface area contributed by atoms with Crippen LogP contribution in [0.3, 0.4) is 0 Å². The highest BCUT2D eigenvalue weighted by Gasteiger charge is 2.24. The predicted octanol–water partition coefficient (Wildman–Crippen LogP) is 8.19. The van der Waals surface area contributed by atoms with Gasteiger partial charge in [0.2, 0.25) is 11.8 Å². The zero-order valence-corrected chi connectivity index (χ0v) is 48.5. The number of carbonyl (C=O) groups is 4. The van der Waals surface area contributed by atoms with E-state index in [0.717, 1.165) is 126 Å². The lowest BCUT2D eigenvalue weighted by Crippen LogP contribution is -2.49. The van der Waals surface area contributed by atoms with Gasteiger partial charge in [-0.15, -0.1) is 22.7 Å². The molecule has 11 rings (SSSR count). The van der Waals surface area contributed by atoms with Crippen molar-refractivity contribution in [2.75, 3.05) is 115 Å². The van der Waals surface area contributed by atoms with Gasteiger partial charge in [0.1, 0.15) is 11.5 Å². The fourth-order valence-corrected chi connectivity index (χ4v) is 12.8. The molecule has 20 heteroatoms. The highest BCUT2D eigenvalue weighted by molar-refractivity contribution is 7.17. The van der Waals surface area contributed by atoms with Gasteiger partial charge in [-0.25, -0.2) is 9.59 Å². The summed E-state index contributed by atoms with van der Waals surface area (Å²) in [6, 6.07) is 34.7. The Balaban J connectivity index is 0.569. The second kappa shape index (κ2) is 27.4. The molecule has 0 saturated carbocycles. The van der Waals surface area contributed by atoms with E-state index in [0.29, 0.717) is 35.7 Å². The summed E-state index contributed by atoms with van der Waals surface area (Å²) < 4.78 is 28.4.